The van der Waals surface area contributed by atoms with E-state index in [0.29, 0.717) is 23.4 Å². The second-order valence-corrected chi connectivity index (χ2v) is 9.50. The normalized spacial score (nSPS) is 16.8. The van der Waals surface area contributed by atoms with Crippen molar-refractivity contribution >= 4 is 17.8 Å². The van der Waals surface area contributed by atoms with Gasteiger partial charge in [-0.15, -0.1) is 0 Å². The standard InChI is InChI=1S/C31H29N5O2/c1-22-14-16-23(17-15-22)20-35(2)28(37)25-10-8-9-24(19-25)21-36-29(38)31(34-30(36)32,26-11-4-3-5-12-26)27-13-6-7-18-33-27/h3-19H,20-21H2,1-2H3,(H2,32,34). The van der Waals surface area contributed by atoms with Crippen LogP contribution in [0.3, 0.4) is 0 Å². The number of pyridine rings is 1. The summed E-state index contributed by atoms with van der Waals surface area (Å²) in [4.78, 5) is 39.5. The van der Waals surface area contributed by atoms with E-state index in [1.54, 1.807) is 42.4 Å². The Kier molecular flexibility index (Phi) is 6.75. The Bertz CT molecular complexity index is 1440. The molecule has 2 heterocycles. The summed E-state index contributed by atoms with van der Waals surface area (Å²) in [6.07, 6.45) is 1.64. The number of nitrogens with zero attached hydrogens (tertiary/aromatic N) is 4. The molecule has 0 aliphatic carbocycles. The molecule has 0 radical (unpaired) electrons. The number of rotatable bonds is 7. The number of carbonyl (C=O) groups is 2. The minimum Gasteiger partial charge on any atom is -0.369 e. The third-order valence-electron chi connectivity index (χ3n) is 6.74. The minimum atomic E-state index is -1.37. The highest BCUT2D eigenvalue weighted by atomic mass is 16.2. The third kappa shape index (κ3) is 4.66. The number of amides is 2. The first kappa shape index (κ1) is 24.9. The first-order valence-corrected chi connectivity index (χ1v) is 12.4. The third-order valence-corrected chi connectivity index (χ3v) is 6.74. The molecule has 1 aromatic heterocycles. The molecule has 2 amide bonds. The van der Waals surface area contributed by atoms with E-state index in [0.717, 1.165) is 11.1 Å². The van der Waals surface area contributed by atoms with Gasteiger partial charge < -0.3 is 10.6 Å². The van der Waals surface area contributed by atoms with Crippen LogP contribution in [-0.4, -0.2) is 39.6 Å². The summed E-state index contributed by atoms with van der Waals surface area (Å²) in [6.45, 7) is 2.71. The maximum Gasteiger partial charge on any atom is 0.268 e. The summed E-state index contributed by atoms with van der Waals surface area (Å²) in [5, 5.41) is 0. The van der Waals surface area contributed by atoms with Crippen molar-refractivity contribution in [2.45, 2.75) is 25.6 Å². The molecule has 1 unspecified atom stereocenters. The van der Waals surface area contributed by atoms with Crippen LogP contribution in [0.1, 0.15) is 38.3 Å². The van der Waals surface area contributed by atoms with Crippen LogP contribution in [0.5, 0.6) is 0 Å². The lowest BCUT2D eigenvalue weighted by Gasteiger charge is -2.26. The maximum absolute atomic E-state index is 14.0. The molecule has 0 fully saturated rings. The molecule has 0 saturated heterocycles. The fourth-order valence-corrected chi connectivity index (χ4v) is 4.74. The van der Waals surface area contributed by atoms with Crippen molar-refractivity contribution in [3.8, 4) is 0 Å². The Morgan fingerprint density at radius 3 is 2.37 bits per heavy atom. The van der Waals surface area contributed by atoms with E-state index in [2.05, 4.69) is 4.98 Å². The van der Waals surface area contributed by atoms with Crippen LogP contribution in [0.2, 0.25) is 0 Å². The number of carbonyl (C=O) groups excluding carboxylic acids is 2. The molecule has 38 heavy (non-hydrogen) atoms. The quantitative estimate of drug-likeness (QED) is 0.408. The van der Waals surface area contributed by atoms with Gasteiger partial charge >= 0.3 is 0 Å². The fraction of sp³-hybridized carbons (Fsp3) is 0.161. The molecule has 0 bridgehead atoms. The SMILES string of the molecule is Cc1ccc(CN(C)C(=O)c2cccc(CN3C(=O)C(c4ccccc4)(c4ccccn4)N=C3N)c2)cc1. The molecule has 1 aliphatic heterocycles. The van der Waals surface area contributed by atoms with Gasteiger partial charge in [-0.25, -0.2) is 4.99 Å². The number of aromatic nitrogens is 1. The number of aliphatic imine (C=N–C) groups is 1. The Morgan fingerprint density at radius 1 is 0.921 bits per heavy atom. The van der Waals surface area contributed by atoms with Gasteiger partial charge in [0.25, 0.3) is 11.8 Å². The molecule has 3 aromatic carbocycles. The predicted molar refractivity (Wildman–Crippen MR) is 147 cm³/mol. The number of nitrogens with two attached hydrogens (primary N) is 1. The lowest BCUT2D eigenvalue weighted by Crippen LogP contribution is -2.43. The van der Waals surface area contributed by atoms with Gasteiger partial charge in [-0.1, -0.05) is 78.4 Å². The van der Waals surface area contributed by atoms with E-state index in [1.165, 1.54) is 10.5 Å². The van der Waals surface area contributed by atoms with Crippen LogP contribution in [0.15, 0.2) is 108 Å². The monoisotopic (exact) mass is 503 g/mol. The molecule has 1 atom stereocenters. The van der Waals surface area contributed by atoms with E-state index in [1.807, 2.05) is 79.7 Å². The molecule has 5 rings (SSSR count). The lowest BCUT2D eigenvalue weighted by atomic mass is 9.86. The zero-order valence-electron chi connectivity index (χ0n) is 21.4. The molecule has 4 aromatic rings. The minimum absolute atomic E-state index is 0.103. The van der Waals surface area contributed by atoms with Crippen molar-refractivity contribution in [3.63, 3.8) is 0 Å². The molecule has 7 nitrogen and oxygen atoms in total. The van der Waals surface area contributed by atoms with Gasteiger partial charge in [-0.05, 0) is 47.9 Å². The summed E-state index contributed by atoms with van der Waals surface area (Å²) in [5.74, 6) is -0.278. The summed E-state index contributed by atoms with van der Waals surface area (Å²) in [5.41, 5.74) is 9.73. The van der Waals surface area contributed by atoms with Gasteiger partial charge in [-0.2, -0.15) is 0 Å². The summed E-state index contributed by atoms with van der Waals surface area (Å²) in [7, 11) is 1.78. The van der Waals surface area contributed by atoms with E-state index in [-0.39, 0.29) is 24.3 Å². The number of benzene rings is 3. The Morgan fingerprint density at radius 2 is 1.66 bits per heavy atom. The molecule has 7 heteroatoms. The van der Waals surface area contributed by atoms with Crippen LogP contribution in [0.4, 0.5) is 0 Å². The van der Waals surface area contributed by atoms with E-state index >= 15 is 0 Å². The Balaban J connectivity index is 1.40. The molecule has 0 saturated carbocycles. The van der Waals surface area contributed by atoms with Gasteiger partial charge in [0.1, 0.15) is 0 Å². The van der Waals surface area contributed by atoms with Crippen LogP contribution >= 0.6 is 0 Å². The lowest BCUT2D eigenvalue weighted by molar-refractivity contribution is -0.130. The Hall–Kier alpha value is -4.78. The van der Waals surface area contributed by atoms with E-state index in [9.17, 15) is 9.59 Å². The highest BCUT2D eigenvalue weighted by Gasteiger charge is 2.51. The number of aryl methyl sites for hydroxylation is 1. The van der Waals surface area contributed by atoms with Gasteiger partial charge in [0.05, 0.1) is 12.2 Å². The van der Waals surface area contributed by atoms with E-state index < -0.39 is 5.54 Å². The van der Waals surface area contributed by atoms with Crippen molar-refractivity contribution in [2.75, 3.05) is 7.05 Å². The number of hydrogen-bond donors (Lipinski definition) is 1. The van der Waals surface area contributed by atoms with Crippen molar-refractivity contribution in [3.05, 3.63) is 137 Å². The highest BCUT2D eigenvalue weighted by molar-refractivity contribution is 6.09. The van der Waals surface area contributed by atoms with Crippen molar-refractivity contribution in [2.24, 2.45) is 10.7 Å². The van der Waals surface area contributed by atoms with E-state index in [4.69, 9.17) is 10.7 Å². The fourth-order valence-electron chi connectivity index (χ4n) is 4.74. The van der Waals surface area contributed by atoms with Crippen molar-refractivity contribution < 1.29 is 9.59 Å². The topological polar surface area (TPSA) is 91.9 Å². The average Bonchev–Trinajstić information content (AvgIpc) is 3.20. The summed E-state index contributed by atoms with van der Waals surface area (Å²) in [6, 6.07) is 30.1. The Labute approximate surface area is 222 Å². The van der Waals surface area contributed by atoms with Gasteiger partial charge in [0.2, 0.25) is 5.54 Å². The van der Waals surface area contributed by atoms with Crippen LogP contribution in [-0.2, 0) is 23.4 Å². The van der Waals surface area contributed by atoms with Gasteiger partial charge in [-0.3, -0.25) is 19.5 Å². The second kappa shape index (κ2) is 10.3. The predicted octanol–water partition coefficient (Wildman–Crippen LogP) is 4.26. The molecule has 2 N–H and O–H groups in total. The smallest absolute Gasteiger partial charge is 0.268 e. The van der Waals surface area contributed by atoms with Gasteiger partial charge in [0.15, 0.2) is 5.96 Å². The average molecular weight is 504 g/mol. The number of hydrogen-bond acceptors (Lipinski definition) is 5. The summed E-state index contributed by atoms with van der Waals surface area (Å²) < 4.78 is 0. The summed E-state index contributed by atoms with van der Waals surface area (Å²) >= 11 is 0. The molecule has 0 spiro atoms. The first-order chi connectivity index (χ1) is 18.4. The van der Waals surface area contributed by atoms with Gasteiger partial charge in [0, 0.05) is 25.4 Å². The second-order valence-electron chi connectivity index (χ2n) is 9.50. The number of guanidine groups is 1. The molecule has 1 aliphatic rings. The molecular formula is C31H29N5O2. The zero-order valence-corrected chi connectivity index (χ0v) is 21.4. The maximum atomic E-state index is 14.0. The first-order valence-electron chi connectivity index (χ1n) is 12.4. The zero-order chi connectivity index (χ0) is 26.7. The van der Waals surface area contributed by atoms with Crippen LogP contribution < -0.4 is 5.73 Å². The van der Waals surface area contributed by atoms with Crippen molar-refractivity contribution in [1.29, 1.82) is 0 Å². The van der Waals surface area contributed by atoms with Crippen LogP contribution in [0, 0.1) is 6.92 Å². The van der Waals surface area contributed by atoms with Crippen LogP contribution in [0.25, 0.3) is 0 Å². The van der Waals surface area contributed by atoms with Crippen molar-refractivity contribution in [1.82, 2.24) is 14.8 Å². The molecule has 190 valence electrons. The largest absolute Gasteiger partial charge is 0.369 e. The highest BCUT2D eigenvalue weighted by Crippen LogP contribution is 2.39. The molecular weight excluding hydrogens is 474 g/mol.